The van der Waals surface area contributed by atoms with Gasteiger partial charge in [-0.2, -0.15) is 0 Å². The molecule has 0 aliphatic carbocycles. The van der Waals surface area contributed by atoms with Gasteiger partial charge in [0.25, 0.3) is 0 Å². The van der Waals surface area contributed by atoms with Crippen molar-refractivity contribution in [2.45, 2.75) is 32.1 Å². The molecule has 2 rings (SSSR count). The summed E-state index contributed by atoms with van der Waals surface area (Å²) < 4.78 is 8.43. The van der Waals surface area contributed by atoms with Crippen molar-refractivity contribution >= 4 is 0 Å². The maximum Gasteiger partial charge on any atom is 0.102 e. The minimum atomic E-state index is 0.817. The zero-order valence-corrected chi connectivity index (χ0v) is 13.4. The third-order valence-electron chi connectivity index (χ3n) is 5.31. The summed E-state index contributed by atoms with van der Waals surface area (Å²) in [6.07, 6.45) is 6.95. The monoisotopic (exact) mass is 270 g/mol. The molecule has 2 saturated heterocycles. The van der Waals surface area contributed by atoms with Crippen LogP contribution >= 0.6 is 0 Å². The standard InChI is InChI=1S/C16H34N2O/c1-17(2)11-7-16(8-12-17)15-19-14-13-18(3)9-5-4-6-10-18/h16H,4-15H2,1-3H3/q+2. The van der Waals surface area contributed by atoms with Crippen molar-refractivity contribution in [3.8, 4) is 0 Å². The van der Waals surface area contributed by atoms with Crippen LogP contribution < -0.4 is 0 Å². The van der Waals surface area contributed by atoms with Crippen molar-refractivity contribution < 1.29 is 13.7 Å². The molecule has 3 heteroatoms. The number of quaternary nitrogens is 2. The first kappa shape index (κ1) is 15.3. The normalized spacial score (nSPS) is 27.3. The van der Waals surface area contributed by atoms with Gasteiger partial charge in [0.05, 0.1) is 60.5 Å². The first-order chi connectivity index (χ1) is 8.99. The summed E-state index contributed by atoms with van der Waals surface area (Å²) in [4.78, 5) is 0. The quantitative estimate of drug-likeness (QED) is 0.549. The van der Waals surface area contributed by atoms with E-state index in [-0.39, 0.29) is 0 Å². The molecule has 2 aliphatic rings. The van der Waals surface area contributed by atoms with Gasteiger partial charge in [-0.1, -0.05) is 0 Å². The highest BCUT2D eigenvalue weighted by atomic mass is 16.5. The average molecular weight is 270 g/mol. The van der Waals surface area contributed by atoms with Gasteiger partial charge in [-0.25, -0.2) is 0 Å². The van der Waals surface area contributed by atoms with Crippen molar-refractivity contribution in [1.29, 1.82) is 0 Å². The number of nitrogens with zero attached hydrogens (tertiary/aromatic N) is 2. The number of ether oxygens (including phenoxy) is 1. The Labute approximate surface area is 119 Å². The molecule has 0 aromatic rings. The molecule has 0 aromatic heterocycles. The number of hydrogen-bond donors (Lipinski definition) is 0. The molecule has 0 N–H and O–H groups in total. The lowest BCUT2D eigenvalue weighted by Crippen LogP contribution is -2.50. The average Bonchev–Trinajstić information content (AvgIpc) is 2.37. The summed E-state index contributed by atoms with van der Waals surface area (Å²) >= 11 is 0. The number of rotatable bonds is 5. The van der Waals surface area contributed by atoms with Crippen LogP contribution in [0.15, 0.2) is 0 Å². The highest BCUT2D eigenvalue weighted by molar-refractivity contribution is 4.63. The van der Waals surface area contributed by atoms with Gasteiger partial charge in [-0.05, 0) is 25.2 Å². The van der Waals surface area contributed by atoms with E-state index in [0.717, 1.165) is 19.1 Å². The molecule has 2 heterocycles. The van der Waals surface area contributed by atoms with E-state index in [1.807, 2.05) is 0 Å². The molecule has 0 amide bonds. The zero-order chi connectivity index (χ0) is 13.8. The minimum absolute atomic E-state index is 0.817. The van der Waals surface area contributed by atoms with E-state index in [9.17, 15) is 0 Å². The summed E-state index contributed by atoms with van der Waals surface area (Å²) in [5.74, 6) is 0.817. The molecule has 0 saturated carbocycles. The van der Waals surface area contributed by atoms with E-state index >= 15 is 0 Å². The minimum Gasteiger partial charge on any atom is -0.375 e. The van der Waals surface area contributed by atoms with E-state index < -0.39 is 0 Å². The number of likely N-dealkylation sites (N-methyl/N-ethyl adjacent to an activating group) is 1. The van der Waals surface area contributed by atoms with Crippen LogP contribution in [0.5, 0.6) is 0 Å². The van der Waals surface area contributed by atoms with Gasteiger partial charge in [0.15, 0.2) is 0 Å². The fraction of sp³-hybridized carbons (Fsp3) is 1.00. The van der Waals surface area contributed by atoms with Gasteiger partial charge in [0.1, 0.15) is 6.54 Å². The predicted octanol–water partition coefficient (Wildman–Crippen LogP) is 2.12. The molecule has 0 spiro atoms. The summed E-state index contributed by atoms with van der Waals surface area (Å²) in [6.45, 7) is 8.54. The van der Waals surface area contributed by atoms with E-state index in [4.69, 9.17) is 4.74 Å². The number of hydrogen-bond acceptors (Lipinski definition) is 1. The molecule has 0 atom stereocenters. The lowest BCUT2D eigenvalue weighted by Gasteiger charge is -2.38. The van der Waals surface area contributed by atoms with E-state index in [2.05, 4.69) is 21.1 Å². The third-order valence-corrected chi connectivity index (χ3v) is 5.31. The topological polar surface area (TPSA) is 9.23 Å². The Kier molecular flexibility index (Phi) is 5.27. The van der Waals surface area contributed by atoms with Crippen LogP contribution in [0.1, 0.15) is 32.1 Å². The maximum atomic E-state index is 5.99. The molecular weight excluding hydrogens is 236 g/mol. The zero-order valence-electron chi connectivity index (χ0n) is 13.4. The Bertz CT molecular complexity index is 262. The van der Waals surface area contributed by atoms with Crippen molar-refractivity contribution in [3.63, 3.8) is 0 Å². The smallest absolute Gasteiger partial charge is 0.102 e. The molecule has 2 aliphatic heterocycles. The summed E-state index contributed by atoms with van der Waals surface area (Å²) in [6, 6.07) is 0. The number of piperidine rings is 2. The van der Waals surface area contributed by atoms with Gasteiger partial charge in [0.2, 0.25) is 0 Å². The summed E-state index contributed by atoms with van der Waals surface area (Å²) in [5.41, 5.74) is 0. The molecule has 112 valence electrons. The lowest BCUT2D eigenvalue weighted by atomic mass is 9.97. The Balaban J connectivity index is 1.57. The van der Waals surface area contributed by atoms with Crippen molar-refractivity contribution in [1.82, 2.24) is 0 Å². The molecule has 3 nitrogen and oxygen atoms in total. The summed E-state index contributed by atoms with van der Waals surface area (Å²) in [7, 11) is 7.10. The van der Waals surface area contributed by atoms with Crippen molar-refractivity contribution in [2.24, 2.45) is 5.92 Å². The Hall–Kier alpha value is -0.120. The van der Waals surface area contributed by atoms with E-state index in [1.165, 1.54) is 73.8 Å². The third kappa shape index (κ3) is 5.05. The highest BCUT2D eigenvalue weighted by Crippen LogP contribution is 2.20. The van der Waals surface area contributed by atoms with Crippen molar-refractivity contribution in [2.75, 3.05) is 67.1 Å². The molecule has 0 aromatic carbocycles. The van der Waals surface area contributed by atoms with Crippen LogP contribution in [0.4, 0.5) is 0 Å². The maximum absolute atomic E-state index is 5.99. The molecule has 0 unspecified atom stereocenters. The Morgan fingerprint density at radius 3 is 2.16 bits per heavy atom. The number of likely N-dealkylation sites (tertiary alicyclic amines) is 2. The Morgan fingerprint density at radius 1 is 0.895 bits per heavy atom. The van der Waals surface area contributed by atoms with Crippen LogP contribution in [0.3, 0.4) is 0 Å². The van der Waals surface area contributed by atoms with Gasteiger partial charge in [-0.15, -0.1) is 0 Å². The van der Waals surface area contributed by atoms with Gasteiger partial charge < -0.3 is 13.7 Å². The van der Waals surface area contributed by atoms with Gasteiger partial charge in [-0.3, -0.25) is 0 Å². The SMILES string of the molecule is C[N+]1(C)CCC(COCC[N+]2(C)CCCCC2)CC1. The first-order valence-electron chi connectivity index (χ1n) is 8.22. The van der Waals surface area contributed by atoms with Crippen LogP contribution in [-0.2, 0) is 4.74 Å². The van der Waals surface area contributed by atoms with Gasteiger partial charge >= 0.3 is 0 Å². The van der Waals surface area contributed by atoms with Crippen LogP contribution in [-0.4, -0.2) is 76.0 Å². The molecule has 0 bridgehead atoms. The second kappa shape index (κ2) is 6.55. The van der Waals surface area contributed by atoms with Crippen molar-refractivity contribution in [3.05, 3.63) is 0 Å². The molecule has 2 fully saturated rings. The van der Waals surface area contributed by atoms with Gasteiger partial charge in [0, 0.05) is 12.8 Å². The van der Waals surface area contributed by atoms with Crippen LogP contribution in [0.2, 0.25) is 0 Å². The lowest BCUT2D eigenvalue weighted by molar-refractivity contribution is -0.914. The fourth-order valence-electron chi connectivity index (χ4n) is 3.52. The largest absolute Gasteiger partial charge is 0.375 e. The second-order valence-corrected chi connectivity index (χ2v) is 7.75. The van der Waals surface area contributed by atoms with Crippen LogP contribution in [0, 0.1) is 5.92 Å². The Morgan fingerprint density at radius 2 is 1.53 bits per heavy atom. The summed E-state index contributed by atoms with van der Waals surface area (Å²) in [5, 5.41) is 0. The first-order valence-corrected chi connectivity index (χ1v) is 8.22. The van der Waals surface area contributed by atoms with Crippen LogP contribution in [0.25, 0.3) is 0 Å². The molecule has 0 radical (unpaired) electrons. The van der Waals surface area contributed by atoms with E-state index in [1.54, 1.807) is 0 Å². The van der Waals surface area contributed by atoms with E-state index in [0.29, 0.717) is 0 Å². The highest BCUT2D eigenvalue weighted by Gasteiger charge is 2.27. The predicted molar refractivity (Wildman–Crippen MR) is 80.0 cm³/mol. The second-order valence-electron chi connectivity index (χ2n) is 7.75. The molecular formula is C16H34N2O+2. The fourth-order valence-corrected chi connectivity index (χ4v) is 3.52. The molecule has 19 heavy (non-hydrogen) atoms.